The van der Waals surface area contributed by atoms with Crippen LogP contribution in [-0.4, -0.2) is 33.0 Å². The molecule has 5 nitrogen and oxygen atoms in total. The Labute approximate surface area is 129 Å². The van der Waals surface area contributed by atoms with Crippen molar-refractivity contribution in [2.24, 2.45) is 11.8 Å². The van der Waals surface area contributed by atoms with Gasteiger partial charge < -0.3 is 0 Å². The van der Waals surface area contributed by atoms with Crippen molar-refractivity contribution >= 4 is 23.4 Å². The van der Waals surface area contributed by atoms with Crippen LogP contribution in [0.4, 0.5) is 0 Å². The lowest BCUT2D eigenvalue weighted by atomic mass is 9.81. The first kappa shape index (κ1) is 14.6. The molecule has 2 atom stereocenters. The van der Waals surface area contributed by atoms with Crippen molar-refractivity contribution in [3.8, 4) is 0 Å². The highest BCUT2D eigenvalue weighted by Crippen LogP contribution is 2.37. The van der Waals surface area contributed by atoms with Gasteiger partial charge >= 0.3 is 0 Å². The van der Waals surface area contributed by atoms with E-state index in [9.17, 15) is 9.59 Å². The Bertz CT molecular complexity index is 526. The topological polar surface area (TPSA) is 55.2 Å². The first-order chi connectivity index (χ1) is 10.1. The summed E-state index contributed by atoms with van der Waals surface area (Å²) in [5.74, 6) is -0.0148. The summed E-state index contributed by atoms with van der Waals surface area (Å²) in [7, 11) is 0. The van der Waals surface area contributed by atoms with Crippen molar-refractivity contribution in [2.75, 3.05) is 6.54 Å². The summed E-state index contributed by atoms with van der Waals surface area (Å²) in [6.07, 6.45) is 6.39. The molecule has 1 aromatic heterocycles. The van der Waals surface area contributed by atoms with Gasteiger partial charge in [-0.3, -0.25) is 19.2 Å². The molecule has 0 N–H and O–H groups in total. The molecular weight excluding hydrogens is 290 g/mol. The highest BCUT2D eigenvalue weighted by molar-refractivity contribution is 6.31. The minimum Gasteiger partial charge on any atom is -0.282 e. The Balaban J connectivity index is 1.57. The van der Waals surface area contributed by atoms with Gasteiger partial charge in [0, 0.05) is 19.3 Å². The predicted molar refractivity (Wildman–Crippen MR) is 78.8 cm³/mol. The number of carbonyl (C=O) groups is 2. The molecule has 1 aliphatic carbocycles. The highest BCUT2D eigenvalue weighted by atomic mass is 35.5. The van der Waals surface area contributed by atoms with E-state index in [-0.39, 0.29) is 23.7 Å². The molecule has 21 heavy (non-hydrogen) atoms. The number of amides is 2. The summed E-state index contributed by atoms with van der Waals surface area (Å²) in [5, 5.41) is 4.93. The lowest BCUT2D eigenvalue weighted by molar-refractivity contribution is -0.140. The van der Waals surface area contributed by atoms with E-state index in [0.29, 0.717) is 24.5 Å². The summed E-state index contributed by atoms with van der Waals surface area (Å²) in [4.78, 5) is 26.1. The number of fused-ring (bicyclic) bond motifs is 1. The molecule has 0 radical (unpaired) electrons. The van der Waals surface area contributed by atoms with Crippen LogP contribution >= 0.6 is 11.6 Å². The Hall–Kier alpha value is -1.36. The Kier molecular flexibility index (Phi) is 4.02. The van der Waals surface area contributed by atoms with Gasteiger partial charge in [-0.05, 0) is 26.2 Å². The first-order valence-corrected chi connectivity index (χ1v) is 8.00. The minimum absolute atomic E-state index is 0.0411. The molecule has 6 heteroatoms. The molecule has 3 rings (SSSR count). The number of hydrogen-bond acceptors (Lipinski definition) is 3. The second-order valence-corrected chi connectivity index (χ2v) is 6.41. The van der Waals surface area contributed by atoms with E-state index >= 15 is 0 Å². The average molecular weight is 310 g/mol. The molecule has 1 saturated carbocycles. The van der Waals surface area contributed by atoms with E-state index in [4.69, 9.17) is 11.6 Å². The summed E-state index contributed by atoms with van der Waals surface area (Å²) in [5.41, 5.74) is 0.802. The Morgan fingerprint density at radius 3 is 2.33 bits per heavy atom. The van der Waals surface area contributed by atoms with E-state index in [1.54, 1.807) is 10.9 Å². The molecule has 2 aliphatic rings. The van der Waals surface area contributed by atoms with Crippen LogP contribution in [0.15, 0.2) is 6.20 Å². The van der Waals surface area contributed by atoms with Gasteiger partial charge in [-0.15, -0.1) is 0 Å². The van der Waals surface area contributed by atoms with Gasteiger partial charge in [0.1, 0.15) is 0 Å². The number of aryl methyl sites for hydroxylation is 2. The second-order valence-electron chi connectivity index (χ2n) is 6.00. The summed E-state index contributed by atoms with van der Waals surface area (Å²) in [6, 6.07) is 0. The van der Waals surface area contributed by atoms with Crippen molar-refractivity contribution in [1.82, 2.24) is 14.7 Å². The molecule has 2 heterocycles. The standard InChI is InChI=1S/C15H20ClN3O2/c1-10-13(16)9-18(17-10)7-4-8-19-14(20)11-5-2-3-6-12(11)15(19)21/h9,11-12H,2-8H2,1H3/t11-,12-/m0/s1. The minimum atomic E-state index is -0.0485. The SMILES string of the molecule is Cc1nn(CCCN2C(=O)[C@H]3CCCC[C@@H]3C2=O)cc1Cl. The number of likely N-dealkylation sites (tertiary alicyclic amines) is 1. The van der Waals surface area contributed by atoms with E-state index in [1.807, 2.05) is 6.92 Å². The molecule has 2 fully saturated rings. The molecule has 1 saturated heterocycles. The lowest BCUT2D eigenvalue weighted by Crippen LogP contribution is -2.32. The normalized spacial score (nSPS) is 25.5. The van der Waals surface area contributed by atoms with Crippen molar-refractivity contribution in [2.45, 2.75) is 45.6 Å². The third-order valence-corrected chi connectivity index (χ3v) is 4.96. The van der Waals surface area contributed by atoms with Crippen LogP contribution in [0.1, 0.15) is 37.8 Å². The molecule has 0 spiro atoms. The maximum atomic E-state index is 12.3. The highest BCUT2D eigenvalue weighted by Gasteiger charge is 2.47. The third kappa shape index (κ3) is 2.71. The van der Waals surface area contributed by atoms with E-state index < -0.39 is 0 Å². The zero-order valence-electron chi connectivity index (χ0n) is 12.2. The maximum Gasteiger partial charge on any atom is 0.233 e. The van der Waals surface area contributed by atoms with Crippen molar-refractivity contribution < 1.29 is 9.59 Å². The van der Waals surface area contributed by atoms with Gasteiger partial charge in [0.2, 0.25) is 11.8 Å². The van der Waals surface area contributed by atoms with Crippen molar-refractivity contribution in [1.29, 1.82) is 0 Å². The number of aromatic nitrogens is 2. The van der Waals surface area contributed by atoms with Crippen LogP contribution in [0.3, 0.4) is 0 Å². The number of rotatable bonds is 4. The van der Waals surface area contributed by atoms with Gasteiger partial charge in [0.15, 0.2) is 0 Å². The summed E-state index contributed by atoms with van der Waals surface area (Å²) in [6.45, 7) is 3.01. The fourth-order valence-corrected chi connectivity index (χ4v) is 3.60. The van der Waals surface area contributed by atoms with Gasteiger partial charge in [0.05, 0.1) is 22.6 Å². The maximum absolute atomic E-state index is 12.3. The second kappa shape index (κ2) is 5.79. The van der Waals surface area contributed by atoms with E-state index in [1.165, 1.54) is 4.90 Å². The molecule has 2 amide bonds. The molecule has 0 unspecified atom stereocenters. The Morgan fingerprint density at radius 2 is 1.81 bits per heavy atom. The van der Waals surface area contributed by atoms with Crippen LogP contribution in [0.25, 0.3) is 0 Å². The molecule has 114 valence electrons. The van der Waals surface area contributed by atoms with Gasteiger partial charge in [-0.2, -0.15) is 5.10 Å². The number of imide groups is 1. The van der Waals surface area contributed by atoms with Crippen LogP contribution < -0.4 is 0 Å². The molecular formula is C15H20ClN3O2. The zero-order valence-corrected chi connectivity index (χ0v) is 13.0. The van der Waals surface area contributed by atoms with Crippen LogP contribution in [-0.2, 0) is 16.1 Å². The predicted octanol–water partition coefficient (Wildman–Crippen LogP) is 2.41. The fraction of sp³-hybridized carbons (Fsp3) is 0.667. The number of hydrogen-bond donors (Lipinski definition) is 0. The molecule has 1 aromatic rings. The van der Waals surface area contributed by atoms with Gasteiger partial charge in [-0.1, -0.05) is 24.4 Å². The monoisotopic (exact) mass is 309 g/mol. The first-order valence-electron chi connectivity index (χ1n) is 7.62. The van der Waals surface area contributed by atoms with Crippen LogP contribution in [0.5, 0.6) is 0 Å². The van der Waals surface area contributed by atoms with Gasteiger partial charge in [-0.25, -0.2) is 0 Å². The average Bonchev–Trinajstić information content (AvgIpc) is 2.92. The smallest absolute Gasteiger partial charge is 0.233 e. The molecule has 0 bridgehead atoms. The molecule has 0 aromatic carbocycles. The zero-order chi connectivity index (χ0) is 15.0. The number of nitrogens with zero attached hydrogens (tertiary/aromatic N) is 3. The Morgan fingerprint density at radius 1 is 1.19 bits per heavy atom. The van der Waals surface area contributed by atoms with Crippen molar-refractivity contribution in [3.05, 3.63) is 16.9 Å². The van der Waals surface area contributed by atoms with E-state index in [0.717, 1.165) is 31.4 Å². The summed E-state index contributed by atoms with van der Waals surface area (Å²) >= 11 is 5.96. The molecule has 1 aliphatic heterocycles. The fourth-order valence-electron chi connectivity index (χ4n) is 3.45. The van der Waals surface area contributed by atoms with E-state index in [2.05, 4.69) is 5.10 Å². The van der Waals surface area contributed by atoms with Gasteiger partial charge in [0.25, 0.3) is 0 Å². The number of halogens is 1. The quantitative estimate of drug-likeness (QED) is 0.803. The number of carbonyl (C=O) groups excluding carboxylic acids is 2. The largest absolute Gasteiger partial charge is 0.282 e. The third-order valence-electron chi connectivity index (χ3n) is 4.59. The lowest BCUT2D eigenvalue weighted by Gasteiger charge is -2.19. The van der Waals surface area contributed by atoms with Crippen LogP contribution in [0.2, 0.25) is 5.02 Å². The van der Waals surface area contributed by atoms with Crippen LogP contribution in [0, 0.1) is 18.8 Å². The van der Waals surface area contributed by atoms with Crippen molar-refractivity contribution in [3.63, 3.8) is 0 Å². The summed E-state index contributed by atoms with van der Waals surface area (Å²) < 4.78 is 1.77.